The maximum Gasteiger partial charge on any atom is 0.278 e. The maximum atomic E-state index is 14.1. The number of halogens is 3. The lowest BCUT2D eigenvalue weighted by atomic mass is 10.1. The van der Waals surface area contributed by atoms with E-state index in [-0.39, 0.29) is 36.8 Å². The predicted molar refractivity (Wildman–Crippen MR) is 137 cm³/mol. The van der Waals surface area contributed by atoms with Crippen LogP contribution in [0.4, 0.5) is 13.2 Å². The molecular weight excluding hydrogens is 501 g/mol. The number of carbonyl (C=O) groups is 2. The molecule has 2 aromatic rings. The first kappa shape index (κ1) is 28.5. The van der Waals surface area contributed by atoms with E-state index in [2.05, 4.69) is 18.5 Å². The third-order valence-corrected chi connectivity index (χ3v) is 6.35. The van der Waals surface area contributed by atoms with Crippen LogP contribution in [0.15, 0.2) is 48.4 Å². The molecule has 11 heteroatoms. The Morgan fingerprint density at radius 3 is 2.34 bits per heavy atom. The van der Waals surface area contributed by atoms with Crippen molar-refractivity contribution in [3.8, 4) is 5.75 Å². The molecule has 3 rings (SSSR count). The zero-order valence-electron chi connectivity index (χ0n) is 21.6. The highest BCUT2D eigenvalue weighted by molar-refractivity contribution is 5.99. The minimum absolute atomic E-state index is 0.0630. The van der Waals surface area contributed by atoms with Gasteiger partial charge >= 0.3 is 0 Å². The van der Waals surface area contributed by atoms with Gasteiger partial charge in [-0.2, -0.15) is 0 Å². The average Bonchev–Trinajstić information content (AvgIpc) is 2.88. The Morgan fingerprint density at radius 1 is 1.13 bits per heavy atom. The first-order valence-electron chi connectivity index (χ1n) is 12.2. The minimum Gasteiger partial charge on any atom is -0.487 e. The van der Waals surface area contributed by atoms with E-state index >= 15 is 0 Å². The number of benzene rings is 1. The van der Waals surface area contributed by atoms with Gasteiger partial charge in [0.1, 0.15) is 29.7 Å². The molecule has 1 aliphatic heterocycles. The van der Waals surface area contributed by atoms with Gasteiger partial charge in [0.25, 0.3) is 11.8 Å². The first-order valence-corrected chi connectivity index (χ1v) is 12.2. The van der Waals surface area contributed by atoms with E-state index in [0.29, 0.717) is 18.6 Å². The Bertz CT molecular complexity index is 1290. The average molecular weight is 533 g/mol. The topological polar surface area (TPSA) is 83.9 Å². The molecule has 1 aromatic carbocycles. The third kappa shape index (κ3) is 5.61. The summed E-state index contributed by atoms with van der Waals surface area (Å²) in [7, 11) is 0. The summed E-state index contributed by atoms with van der Waals surface area (Å²) in [6.45, 7) is 12.7. The summed E-state index contributed by atoms with van der Waals surface area (Å²) < 4.78 is 48.6. The molecule has 2 amide bonds. The number of fused-ring (bicyclic) bond motifs is 1. The van der Waals surface area contributed by atoms with Crippen LogP contribution >= 0.6 is 0 Å². The fourth-order valence-electron chi connectivity index (χ4n) is 3.91. The van der Waals surface area contributed by atoms with Gasteiger partial charge < -0.3 is 15.0 Å². The molecule has 0 aliphatic carbocycles. The van der Waals surface area contributed by atoms with Gasteiger partial charge in [0, 0.05) is 36.5 Å². The number of hydrogen-bond donors (Lipinski definition) is 1. The van der Waals surface area contributed by atoms with Crippen molar-refractivity contribution in [2.45, 2.75) is 52.2 Å². The quantitative estimate of drug-likeness (QED) is 0.351. The summed E-state index contributed by atoms with van der Waals surface area (Å²) >= 11 is 0. The highest BCUT2D eigenvalue weighted by Crippen LogP contribution is 2.26. The van der Waals surface area contributed by atoms with Gasteiger partial charge in [-0.1, -0.05) is 25.5 Å². The van der Waals surface area contributed by atoms with Crippen molar-refractivity contribution < 1.29 is 27.5 Å². The number of rotatable bonds is 11. The third-order valence-electron chi connectivity index (χ3n) is 6.35. The molecule has 2 heterocycles. The molecule has 8 nitrogen and oxygen atoms in total. The van der Waals surface area contributed by atoms with Crippen LogP contribution in [0.2, 0.25) is 0 Å². The summed E-state index contributed by atoms with van der Waals surface area (Å²) in [5, 5.41) is 4.02. The Balaban J connectivity index is 2.12. The smallest absolute Gasteiger partial charge is 0.278 e. The molecule has 0 bridgehead atoms. The van der Waals surface area contributed by atoms with Gasteiger partial charge in [-0.05, 0) is 20.3 Å². The Kier molecular flexibility index (Phi) is 9.03. The second-order valence-electron chi connectivity index (χ2n) is 8.94. The van der Waals surface area contributed by atoms with Crippen LogP contribution in [0.3, 0.4) is 0 Å². The molecule has 1 aromatic heterocycles. The van der Waals surface area contributed by atoms with Crippen LogP contribution in [0.25, 0.3) is 0 Å². The highest BCUT2D eigenvalue weighted by Gasteiger charge is 2.37. The lowest BCUT2D eigenvalue weighted by molar-refractivity contribution is 0.0642. The molecule has 204 valence electrons. The summed E-state index contributed by atoms with van der Waals surface area (Å²) in [5.41, 5.74) is -1.88. The van der Waals surface area contributed by atoms with Crippen LogP contribution in [0, 0.1) is 17.5 Å². The van der Waals surface area contributed by atoms with Gasteiger partial charge in [0.05, 0.1) is 12.6 Å². The number of nitrogens with zero attached hydrogens (tertiary/aromatic N) is 3. The summed E-state index contributed by atoms with van der Waals surface area (Å²) in [6.07, 6.45) is 5.77. The second kappa shape index (κ2) is 12.0. The van der Waals surface area contributed by atoms with E-state index in [1.54, 1.807) is 24.1 Å². The van der Waals surface area contributed by atoms with Gasteiger partial charge in [0.2, 0.25) is 5.43 Å². The molecule has 2 atom stereocenters. The van der Waals surface area contributed by atoms with Crippen molar-refractivity contribution in [2.75, 3.05) is 18.3 Å². The van der Waals surface area contributed by atoms with Crippen molar-refractivity contribution in [1.29, 1.82) is 0 Å². The zero-order chi connectivity index (χ0) is 28.1. The van der Waals surface area contributed by atoms with Crippen LogP contribution in [-0.2, 0) is 6.54 Å². The number of unbranched alkanes of at least 4 members (excludes halogenated alkanes) is 1. The van der Waals surface area contributed by atoms with Gasteiger partial charge in [-0.3, -0.25) is 24.1 Å². The fraction of sp³-hybridized carbons (Fsp3) is 0.370. The number of pyridine rings is 1. The Morgan fingerprint density at radius 2 is 1.76 bits per heavy atom. The van der Waals surface area contributed by atoms with Crippen LogP contribution in [0.5, 0.6) is 5.75 Å². The summed E-state index contributed by atoms with van der Waals surface area (Å²) in [6, 6.07) is 0.269. The molecule has 0 spiro atoms. The molecule has 0 fully saturated rings. The van der Waals surface area contributed by atoms with E-state index in [9.17, 15) is 27.6 Å². The predicted octanol–water partition coefficient (Wildman–Crippen LogP) is 3.87. The number of nitrogens with one attached hydrogen (secondary N) is 1. The Hall–Kier alpha value is -4.02. The zero-order valence-corrected chi connectivity index (χ0v) is 21.6. The van der Waals surface area contributed by atoms with Gasteiger partial charge in [-0.15, -0.1) is 13.2 Å². The monoisotopic (exact) mass is 532 g/mol. The highest BCUT2D eigenvalue weighted by atomic mass is 19.1. The minimum atomic E-state index is -1.18. The number of aromatic nitrogens is 1. The van der Waals surface area contributed by atoms with Crippen molar-refractivity contribution in [2.24, 2.45) is 0 Å². The molecular formula is C27H31F3N4O4. The van der Waals surface area contributed by atoms with Crippen LogP contribution < -0.4 is 20.5 Å². The largest absolute Gasteiger partial charge is 0.487 e. The number of hydrogen-bond acceptors (Lipinski definition) is 5. The molecule has 1 aliphatic rings. The van der Waals surface area contributed by atoms with E-state index in [4.69, 9.17) is 4.74 Å². The maximum absolute atomic E-state index is 14.1. The SMILES string of the molecule is C=CC(C)N1CN([C@@H](C)C=C)C(=O)c2c(OCCCC)c(=O)c(C(=O)NCc3c(F)cc(F)cc3F)cn21. The molecule has 1 N–H and O–H groups in total. The van der Waals surface area contributed by atoms with E-state index < -0.39 is 52.4 Å². The standard InChI is InChI=1S/C27H31F3N4O4/c1-6-9-10-38-25-23-27(37)32(16(4)7-2)15-34(17(5)8-3)33(23)14-20(24(25)35)26(36)31-13-19-21(29)11-18(28)12-22(19)30/h7-8,11-12,14,16-17H,2-3,6,9-10,13,15H2,1,4-5H3,(H,31,36)/t16-,17?/m0/s1. The number of amides is 2. The Labute approximate surface area is 219 Å². The van der Waals surface area contributed by atoms with Crippen molar-refractivity contribution in [3.05, 3.63) is 88.1 Å². The molecule has 0 saturated heterocycles. The summed E-state index contributed by atoms with van der Waals surface area (Å²) in [4.78, 5) is 41.6. The number of carbonyl (C=O) groups excluding carboxylic acids is 2. The molecule has 1 unspecified atom stereocenters. The molecule has 0 radical (unpaired) electrons. The van der Waals surface area contributed by atoms with Crippen LogP contribution in [-0.4, -0.2) is 46.7 Å². The van der Waals surface area contributed by atoms with Gasteiger partial charge in [-0.25, -0.2) is 13.2 Å². The first-order chi connectivity index (χ1) is 18.0. The number of ether oxygens (including phenoxy) is 1. The van der Waals surface area contributed by atoms with E-state index in [1.807, 2.05) is 13.8 Å². The van der Waals surface area contributed by atoms with E-state index in [0.717, 1.165) is 6.42 Å². The van der Waals surface area contributed by atoms with Gasteiger partial charge in [0.15, 0.2) is 11.4 Å². The van der Waals surface area contributed by atoms with E-state index in [1.165, 1.54) is 15.8 Å². The fourth-order valence-corrected chi connectivity index (χ4v) is 3.91. The lowest BCUT2D eigenvalue weighted by Crippen LogP contribution is -2.59. The molecule has 38 heavy (non-hydrogen) atoms. The van der Waals surface area contributed by atoms with Crippen molar-refractivity contribution in [1.82, 2.24) is 14.9 Å². The van der Waals surface area contributed by atoms with Crippen LogP contribution in [0.1, 0.15) is 60.0 Å². The molecule has 0 saturated carbocycles. The van der Waals surface area contributed by atoms with Crippen molar-refractivity contribution >= 4 is 11.8 Å². The normalized spacial score (nSPS) is 14.5. The summed E-state index contributed by atoms with van der Waals surface area (Å²) in [5.74, 6) is -5.20. The lowest BCUT2D eigenvalue weighted by Gasteiger charge is -2.44. The van der Waals surface area contributed by atoms with Crippen molar-refractivity contribution in [3.63, 3.8) is 0 Å². The second-order valence-corrected chi connectivity index (χ2v) is 8.94.